The fourth-order valence-electron chi connectivity index (χ4n) is 0.920. The molecule has 14 heavy (non-hydrogen) atoms. The Morgan fingerprint density at radius 1 is 1.14 bits per heavy atom. The summed E-state index contributed by atoms with van der Waals surface area (Å²) in [6, 6.07) is 1.39. The van der Waals surface area contributed by atoms with Gasteiger partial charge in [0.05, 0.1) is 15.1 Å². The van der Waals surface area contributed by atoms with Crippen molar-refractivity contribution in [1.82, 2.24) is 0 Å². The van der Waals surface area contributed by atoms with Crippen LogP contribution in [-0.2, 0) is 9.05 Å². The first-order chi connectivity index (χ1) is 6.25. The molecule has 0 N–H and O–H groups in total. The number of hydrogen-bond donors (Lipinski definition) is 0. The van der Waals surface area contributed by atoms with Crippen LogP contribution in [0, 0.1) is 6.92 Å². The molecule has 0 saturated carbocycles. The summed E-state index contributed by atoms with van der Waals surface area (Å²) in [7, 11) is 1.16. The maximum Gasteiger partial charge on any atom is 0.264 e. The minimum atomic E-state index is -3.98. The molecule has 0 atom stereocenters. The van der Waals surface area contributed by atoms with E-state index in [9.17, 15) is 8.42 Å². The Bertz CT molecular complexity index is 481. The first-order valence-corrected chi connectivity index (χ1v) is 6.78. The molecule has 0 amide bonds. The van der Waals surface area contributed by atoms with E-state index in [4.69, 9.17) is 45.5 Å². The van der Waals surface area contributed by atoms with E-state index < -0.39 is 9.05 Å². The Balaban J connectivity index is 3.70. The highest BCUT2D eigenvalue weighted by molar-refractivity contribution is 8.14. The van der Waals surface area contributed by atoms with Crippen molar-refractivity contribution in [2.24, 2.45) is 0 Å². The van der Waals surface area contributed by atoms with Crippen molar-refractivity contribution in [3.63, 3.8) is 0 Å². The predicted molar refractivity (Wildman–Crippen MR) is 59.2 cm³/mol. The predicted octanol–water partition coefficient (Wildman–Crippen LogP) is 3.88. The molecule has 0 radical (unpaired) electrons. The van der Waals surface area contributed by atoms with Gasteiger partial charge in [0, 0.05) is 10.7 Å². The fourth-order valence-corrected chi connectivity index (χ4v) is 3.62. The third-order valence-corrected chi connectivity index (χ3v) is 4.40. The van der Waals surface area contributed by atoms with Gasteiger partial charge in [0.2, 0.25) is 0 Å². The largest absolute Gasteiger partial charge is 0.264 e. The van der Waals surface area contributed by atoms with E-state index in [0.717, 1.165) is 0 Å². The number of halogens is 4. The van der Waals surface area contributed by atoms with E-state index in [1.165, 1.54) is 6.07 Å². The van der Waals surface area contributed by atoms with Crippen LogP contribution in [0.25, 0.3) is 0 Å². The maximum atomic E-state index is 11.1. The lowest BCUT2D eigenvalue weighted by molar-refractivity contribution is 0.609. The number of aryl methyl sites for hydroxylation is 1. The van der Waals surface area contributed by atoms with Crippen LogP contribution < -0.4 is 0 Å². The summed E-state index contributed by atoms with van der Waals surface area (Å²) < 4.78 is 22.2. The molecule has 0 unspecified atom stereocenters. The van der Waals surface area contributed by atoms with Crippen molar-refractivity contribution in [1.29, 1.82) is 0 Å². The Morgan fingerprint density at radius 3 is 2.07 bits per heavy atom. The third-order valence-electron chi connectivity index (χ3n) is 1.54. The molecular formula is C7H4Cl4O2S. The van der Waals surface area contributed by atoms with Crippen LogP contribution in [-0.4, -0.2) is 8.42 Å². The second-order valence-electron chi connectivity index (χ2n) is 2.57. The minimum Gasteiger partial charge on any atom is -0.207 e. The van der Waals surface area contributed by atoms with E-state index in [-0.39, 0.29) is 20.0 Å². The Kier molecular flexibility index (Phi) is 3.60. The first kappa shape index (κ1) is 12.4. The highest BCUT2D eigenvalue weighted by Gasteiger charge is 2.22. The van der Waals surface area contributed by atoms with Gasteiger partial charge in [-0.05, 0) is 18.6 Å². The lowest BCUT2D eigenvalue weighted by atomic mass is 10.2. The van der Waals surface area contributed by atoms with E-state index in [0.29, 0.717) is 5.56 Å². The van der Waals surface area contributed by atoms with Gasteiger partial charge in [-0.2, -0.15) is 0 Å². The van der Waals surface area contributed by atoms with Gasteiger partial charge < -0.3 is 0 Å². The zero-order valence-corrected chi connectivity index (χ0v) is 10.7. The van der Waals surface area contributed by atoms with Crippen LogP contribution in [0.15, 0.2) is 11.0 Å². The molecule has 2 nitrogen and oxygen atoms in total. The van der Waals surface area contributed by atoms with Crippen LogP contribution >= 0.6 is 45.5 Å². The minimum absolute atomic E-state index is 0.0353. The molecule has 0 aliphatic heterocycles. The summed E-state index contributed by atoms with van der Waals surface area (Å²) in [4.78, 5) is -0.349. The van der Waals surface area contributed by atoms with Crippen molar-refractivity contribution in [3.8, 4) is 0 Å². The summed E-state index contributed by atoms with van der Waals surface area (Å²) in [5.41, 5.74) is 0.589. The average molecular weight is 294 g/mol. The molecule has 0 aliphatic rings. The van der Waals surface area contributed by atoms with Gasteiger partial charge in [0.25, 0.3) is 9.05 Å². The summed E-state index contributed by atoms with van der Waals surface area (Å²) in [6.45, 7) is 1.66. The SMILES string of the molecule is Cc1cc(Cl)c(S(=O)(=O)Cl)c(Cl)c1Cl. The Hall–Kier alpha value is 0.330. The summed E-state index contributed by atoms with van der Waals surface area (Å²) in [6.07, 6.45) is 0. The van der Waals surface area contributed by atoms with E-state index >= 15 is 0 Å². The standard InChI is InChI=1S/C7H4Cl4O2S/c1-3-2-4(8)7(14(11,12)13)6(10)5(3)9/h2H,1H3. The smallest absolute Gasteiger partial charge is 0.207 e. The maximum absolute atomic E-state index is 11.1. The molecule has 7 heteroatoms. The molecule has 0 aromatic heterocycles. The topological polar surface area (TPSA) is 34.1 Å². The van der Waals surface area contributed by atoms with Gasteiger partial charge in [-0.1, -0.05) is 34.8 Å². The lowest BCUT2D eigenvalue weighted by Crippen LogP contribution is -1.95. The van der Waals surface area contributed by atoms with Gasteiger partial charge in [-0.3, -0.25) is 0 Å². The zero-order valence-electron chi connectivity index (χ0n) is 6.81. The molecule has 0 bridgehead atoms. The molecule has 0 spiro atoms. The van der Waals surface area contributed by atoms with Crippen molar-refractivity contribution in [2.45, 2.75) is 11.8 Å². The van der Waals surface area contributed by atoms with E-state index in [2.05, 4.69) is 0 Å². The van der Waals surface area contributed by atoms with Crippen LogP contribution in [0.4, 0.5) is 0 Å². The second-order valence-corrected chi connectivity index (χ2v) is 6.24. The first-order valence-electron chi connectivity index (χ1n) is 3.34. The Morgan fingerprint density at radius 2 is 1.64 bits per heavy atom. The molecule has 78 valence electrons. The quantitative estimate of drug-likeness (QED) is 0.582. The van der Waals surface area contributed by atoms with Gasteiger partial charge in [-0.25, -0.2) is 8.42 Å². The average Bonchev–Trinajstić information content (AvgIpc) is 1.97. The second kappa shape index (κ2) is 4.06. The lowest BCUT2D eigenvalue weighted by Gasteiger charge is -2.07. The normalized spacial score (nSPS) is 11.8. The molecule has 1 rings (SSSR count). The van der Waals surface area contributed by atoms with Crippen LogP contribution in [0.1, 0.15) is 5.56 Å². The van der Waals surface area contributed by atoms with Crippen molar-refractivity contribution in [3.05, 3.63) is 26.7 Å². The van der Waals surface area contributed by atoms with Crippen LogP contribution in [0.5, 0.6) is 0 Å². The summed E-state index contributed by atoms with van der Waals surface area (Å²) in [5, 5.41) is -0.0474. The molecular weight excluding hydrogens is 290 g/mol. The van der Waals surface area contributed by atoms with E-state index in [1.807, 2.05) is 0 Å². The van der Waals surface area contributed by atoms with Gasteiger partial charge >= 0.3 is 0 Å². The summed E-state index contributed by atoms with van der Waals surface area (Å²) >= 11 is 17.1. The van der Waals surface area contributed by atoms with Crippen molar-refractivity contribution >= 4 is 54.5 Å². The zero-order chi connectivity index (χ0) is 11.1. The van der Waals surface area contributed by atoms with Crippen LogP contribution in [0.2, 0.25) is 15.1 Å². The monoisotopic (exact) mass is 292 g/mol. The molecule has 1 aromatic rings. The van der Waals surface area contributed by atoms with Crippen LogP contribution in [0.3, 0.4) is 0 Å². The molecule has 0 fully saturated rings. The number of rotatable bonds is 1. The fraction of sp³-hybridized carbons (Fsp3) is 0.143. The number of hydrogen-bond acceptors (Lipinski definition) is 2. The molecule has 0 saturated heterocycles. The highest BCUT2D eigenvalue weighted by Crippen LogP contribution is 2.38. The number of benzene rings is 1. The molecule has 1 aromatic carbocycles. The van der Waals surface area contributed by atoms with Crippen molar-refractivity contribution in [2.75, 3.05) is 0 Å². The molecule has 0 heterocycles. The van der Waals surface area contributed by atoms with Gasteiger partial charge in [0.1, 0.15) is 4.90 Å². The third kappa shape index (κ3) is 2.28. The van der Waals surface area contributed by atoms with Gasteiger partial charge in [-0.15, -0.1) is 0 Å². The highest BCUT2D eigenvalue weighted by atomic mass is 35.7. The summed E-state index contributed by atoms with van der Waals surface area (Å²) in [5.74, 6) is 0. The van der Waals surface area contributed by atoms with Gasteiger partial charge in [0.15, 0.2) is 0 Å². The Labute approximate surface area is 101 Å². The van der Waals surface area contributed by atoms with Crippen molar-refractivity contribution < 1.29 is 8.42 Å². The van der Waals surface area contributed by atoms with E-state index in [1.54, 1.807) is 6.92 Å². The molecule has 0 aliphatic carbocycles.